The molecular formula is C26H24N6O2S. The van der Waals surface area contributed by atoms with E-state index in [4.69, 9.17) is 4.74 Å². The summed E-state index contributed by atoms with van der Waals surface area (Å²) in [6, 6.07) is 18.5. The quantitative estimate of drug-likeness (QED) is 0.331. The van der Waals surface area contributed by atoms with Gasteiger partial charge in [0.1, 0.15) is 11.6 Å². The average Bonchev–Trinajstić information content (AvgIpc) is 3.46. The van der Waals surface area contributed by atoms with Crippen LogP contribution in [0.2, 0.25) is 0 Å². The van der Waals surface area contributed by atoms with E-state index in [9.17, 15) is 10.1 Å². The summed E-state index contributed by atoms with van der Waals surface area (Å²) >= 11 is 1.29. The molecule has 1 amide bonds. The highest BCUT2D eigenvalue weighted by atomic mass is 32.1. The molecule has 2 aromatic heterocycles. The minimum absolute atomic E-state index is 0.00583. The van der Waals surface area contributed by atoms with Crippen LogP contribution in [-0.4, -0.2) is 47.0 Å². The molecule has 0 radical (unpaired) electrons. The number of amides is 1. The van der Waals surface area contributed by atoms with E-state index >= 15 is 0 Å². The van der Waals surface area contributed by atoms with E-state index in [-0.39, 0.29) is 5.57 Å². The van der Waals surface area contributed by atoms with Crippen LogP contribution in [0.25, 0.3) is 22.5 Å². The summed E-state index contributed by atoms with van der Waals surface area (Å²) in [5, 5.41) is 24.1. The molecular weight excluding hydrogens is 460 g/mol. The van der Waals surface area contributed by atoms with Gasteiger partial charge in [0.2, 0.25) is 10.3 Å². The Kier molecular flexibility index (Phi) is 6.31. The summed E-state index contributed by atoms with van der Waals surface area (Å²) in [7, 11) is 0. The van der Waals surface area contributed by atoms with Crippen LogP contribution in [0.4, 0.5) is 10.3 Å². The second-order valence-corrected chi connectivity index (χ2v) is 9.23. The maximum Gasteiger partial charge on any atom is 0.268 e. The number of aryl methyl sites for hydroxylation is 1. The minimum atomic E-state index is -0.507. The van der Waals surface area contributed by atoms with Gasteiger partial charge in [0.05, 0.1) is 18.9 Å². The van der Waals surface area contributed by atoms with E-state index in [1.165, 1.54) is 11.3 Å². The lowest BCUT2D eigenvalue weighted by Gasteiger charge is -2.25. The van der Waals surface area contributed by atoms with Gasteiger partial charge in [-0.1, -0.05) is 47.7 Å². The van der Waals surface area contributed by atoms with Gasteiger partial charge in [-0.2, -0.15) is 5.26 Å². The van der Waals surface area contributed by atoms with E-state index < -0.39 is 5.91 Å². The van der Waals surface area contributed by atoms with Crippen LogP contribution in [0.15, 0.2) is 54.1 Å². The van der Waals surface area contributed by atoms with Crippen LogP contribution in [0.3, 0.4) is 0 Å². The van der Waals surface area contributed by atoms with Crippen LogP contribution in [-0.2, 0) is 9.53 Å². The van der Waals surface area contributed by atoms with Crippen molar-refractivity contribution in [2.75, 3.05) is 36.5 Å². The molecule has 1 aliphatic heterocycles. The lowest BCUT2D eigenvalue weighted by atomic mass is 10.1. The molecule has 5 rings (SSSR count). The highest BCUT2D eigenvalue weighted by Crippen LogP contribution is 2.29. The monoisotopic (exact) mass is 484 g/mol. The zero-order valence-corrected chi connectivity index (χ0v) is 20.3. The third kappa shape index (κ3) is 4.54. The van der Waals surface area contributed by atoms with Crippen molar-refractivity contribution < 1.29 is 9.53 Å². The van der Waals surface area contributed by atoms with Crippen LogP contribution in [0.5, 0.6) is 0 Å². The van der Waals surface area contributed by atoms with Gasteiger partial charge in [0, 0.05) is 29.9 Å². The molecule has 0 aliphatic carbocycles. The van der Waals surface area contributed by atoms with Crippen molar-refractivity contribution in [1.82, 2.24) is 14.8 Å². The van der Waals surface area contributed by atoms with E-state index in [0.717, 1.165) is 51.6 Å². The number of ether oxygens (including phenoxy) is 1. The number of benzene rings is 2. The second-order valence-electron chi connectivity index (χ2n) is 8.27. The molecule has 1 saturated heterocycles. The number of rotatable bonds is 5. The molecule has 1 fully saturated rings. The van der Waals surface area contributed by atoms with E-state index in [0.29, 0.717) is 18.3 Å². The SMILES string of the molecule is Cc1cc(/C=C(/C#N)C(=O)Nc2nnc(N3CCOCC3)s2)c(C)n1-c1cccc2ccccc12. The van der Waals surface area contributed by atoms with Crippen molar-refractivity contribution in [3.63, 3.8) is 0 Å². The Hall–Kier alpha value is -4.00. The lowest BCUT2D eigenvalue weighted by Crippen LogP contribution is -2.36. The number of carbonyl (C=O) groups excluding carboxylic acids is 1. The number of fused-ring (bicyclic) bond motifs is 1. The molecule has 176 valence electrons. The van der Waals surface area contributed by atoms with Crippen LogP contribution in [0.1, 0.15) is 17.0 Å². The first-order valence-electron chi connectivity index (χ1n) is 11.3. The number of nitrogens with zero attached hydrogens (tertiary/aromatic N) is 5. The maximum atomic E-state index is 12.9. The molecule has 35 heavy (non-hydrogen) atoms. The standard InChI is InChI=1S/C26H24N6O2S/c1-17-14-20(18(2)32(17)23-9-5-7-19-6-3-4-8-22(19)23)15-21(16-27)24(33)28-25-29-30-26(35-25)31-10-12-34-13-11-31/h3-9,14-15H,10-13H2,1-2H3,(H,28,29,33)/b21-15-. The molecule has 1 aliphatic rings. The zero-order chi connectivity index (χ0) is 24.4. The number of nitrogens with one attached hydrogen (secondary N) is 1. The van der Waals surface area contributed by atoms with Gasteiger partial charge in [-0.25, -0.2) is 0 Å². The van der Waals surface area contributed by atoms with Gasteiger partial charge < -0.3 is 14.2 Å². The van der Waals surface area contributed by atoms with Gasteiger partial charge in [0.15, 0.2) is 0 Å². The predicted molar refractivity (Wildman–Crippen MR) is 138 cm³/mol. The van der Waals surface area contributed by atoms with Gasteiger partial charge in [-0.15, -0.1) is 10.2 Å². The Morgan fingerprint density at radius 2 is 1.91 bits per heavy atom. The number of anilines is 2. The first kappa shape index (κ1) is 22.8. The van der Waals surface area contributed by atoms with Crippen LogP contribution in [0, 0.1) is 25.2 Å². The number of nitriles is 1. The molecule has 9 heteroatoms. The third-order valence-corrected chi connectivity index (χ3v) is 6.96. The van der Waals surface area contributed by atoms with Gasteiger partial charge in [-0.05, 0) is 43.0 Å². The summed E-state index contributed by atoms with van der Waals surface area (Å²) in [6.07, 6.45) is 1.63. The summed E-state index contributed by atoms with van der Waals surface area (Å²) in [4.78, 5) is 14.9. The fraction of sp³-hybridized carbons (Fsp3) is 0.231. The number of morpholine rings is 1. The number of aromatic nitrogens is 3. The van der Waals surface area contributed by atoms with Gasteiger partial charge >= 0.3 is 0 Å². The van der Waals surface area contributed by atoms with E-state index in [1.54, 1.807) is 6.08 Å². The molecule has 1 N–H and O–H groups in total. The minimum Gasteiger partial charge on any atom is -0.378 e. The molecule has 4 aromatic rings. The summed E-state index contributed by atoms with van der Waals surface area (Å²) in [5.41, 5.74) is 3.84. The van der Waals surface area contributed by atoms with Crippen LogP contribution >= 0.6 is 11.3 Å². The Balaban J connectivity index is 1.41. The second kappa shape index (κ2) is 9.70. The highest BCUT2D eigenvalue weighted by molar-refractivity contribution is 7.19. The molecule has 8 nitrogen and oxygen atoms in total. The number of carbonyl (C=O) groups is 1. The first-order valence-corrected chi connectivity index (χ1v) is 12.1. The summed E-state index contributed by atoms with van der Waals surface area (Å²) in [5.74, 6) is -0.507. The Morgan fingerprint density at radius 1 is 1.14 bits per heavy atom. The Bertz CT molecular complexity index is 1470. The molecule has 2 aromatic carbocycles. The van der Waals surface area contributed by atoms with Gasteiger partial charge in [0.25, 0.3) is 5.91 Å². The normalized spacial score (nSPS) is 14.2. The summed E-state index contributed by atoms with van der Waals surface area (Å²) < 4.78 is 7.52. The fourth-order valence-electron chi connectivity index (χ4n) is 4.32. The van der Waals surface area contributed by atoms with Crippen molar-refractivity contribution in [3.8, 4) is 11.8 Å². The zero-order valence-electron chi connectivity index (χ0n) is 19.5. The molecule has 0 atom stereocenters. The Labute approximate surface area is 207 Å². The van der Waals surface area contributed by atoms with Crippen molar-refractivity contribution in [3.05, 3.63) is 71.1 Å². The molecule has 0 unspecified atom stereocenters. The predicted octanol–water partition coefficient (Wildman–Crippen LogP) is 4.48. The molecule has 0 bridgehead atoms. The number of hydrogen-bond donors (Lipinski definition) is 1. The van der Waals surface area contributed by atoms with Crippen molar-refractivity contribution >= 4 is 44.4 Å². The fourth-order valence-corrected chi connectivity index (χ4v) is 5.12. The van der Waals surface area contributed by atoms with Crippen molar-refractivity contribution in [2.45, 2.75) is 13.8 Å². The maximum absolute atomic E-state index is 12.9. The molecule has 0 saturated carbocycles. The van der Waals surface area contributed by atoms with Crippen molar-refractivity contribution in [2.24, 2.45) is 0 Å². The average molecular weight is 485 g/mol. The smallest absolute Gasteiger partial charge is 0.268 e. The summed E-state index contributed by atoms with van der Waals surface area (Å²) in [6.45, 7) is 6.76. The van der Waals surface area contributed by atoms with Crippen LogP contribution < -0.4 is 10.2 Å². The first-order chi connectivity index (χ1) is 17.0. The molecule has 0 spiro atoms. The largest absolute Gasteiger partial charge is 0.378 e. The van der Waals surface area contributed by atoms with Gasteiger partial charge in [-0.3, -0.25) is 10.1 Å². The number of hydrogen-bond acceptors (Lipinski definition) is 7. The topological polar surface area (TPSA) is 96.1 Å². The molecule has 3 heterocycles. The van der Waals surface area contributed by atoms with Crippen molar-refractivity contribution in [1.29, 1.82) is 5.26 Å². The third-order valence-electron chi connectivity index (χ3n) is 6.06. The van der Waals surface area contributed by atoms with E-state index in [2.05, 4.69) is 49.2 Å². The Morgan fingerprint density at radius 3 is 2.71 bits per heavy atom. The van der Waals surface area contributed by atoms with E-state index in [1.807, 2.05) is 44.2 Å². The lowest BCUT2D eigenvalue weighted by molar-refractivity contribution is -0.112. The highest BCUT2D eigenvalue weighted by Gasteiger charge is 2.19.